The minimum Gasteiger partial charge on any atom is -0.147 e. The summed E-state index contributed by atoms with van der Waals surface area (Å²) in [5.74, 6) is 0. The first-order valence-corrected chi connectivity index (χ1v) is 3.28. The molecule has 0 fully saturated rings. The van der Waals surface area contributed by atoms with Gasteiger partial charge in [-0.3, -0.25) is 0 Å². The number of halogens is 3. The topological polar surface area (TPSA) is 0 Å². The number of rotatable bonds is 2. The van der Waals surface area contributed by atoms with Gasteiger partial charge in [0.1, 0.15) is 0 Å². The molecule has 0 rings (SSSR count). The van der Waals surface area contributed by atoms with Gasteiger partial charge in [-0.2, -0.15) is 0 Å². The zero-order valence-corrected chi connectivity index (χ0v) is 7.35. The van der Waals surface area contributed by atoms with Crippen LogP contribution in [0.4, 0.5) is 0 Å². The van der Waals surface area contributed by atoms with Gasteiger partial charge in [0.05, 0.1) is 0 Å². The Morgan fingerprint density at radius 3 is 1.38 bits per heavy atom. The van der Waals surface area contributed by atoms with Gasteiger partial charge in [0, 0.05) is 10.8 Å². The molecule has 0 aliphatic carbocycles. The summed E-state index contributed by atoms with van der Waals surface area (Å²) in [7, 11) is 0. The molecule has 0 aliphatic heterocycles. The van der Waals surface area contributed by atoms with Crippen molar-refractivity contribution in [2.24, 2.45) is 0 Å². The molecule has 0 aromatic rings. The fraction of sp³-hybridized carbons (Fsp3) is 1.00. The van der Waals surface area contributed by atoms with Gasteiger partial charge in [0.25, 0.3) is 0 Å². The molecule has 3 heteroatoms. The van der Waals surface area contributed by atoms with Crippen LogP contribution in [0.1, 0.15) is 20.3 Å². The standard InChI is InChI=1S/C5H10Cl2.ClH/c1-4(6)3-5(2)7;/h4-5H,3H2,1-2H3;1H. The van der Waals surface area contributed by atoms with E-state index in [0.29, 0.717) is 0 Å². The summed E-state index contributed by atoms with van der Waals surface area (Å²) in [5, 5.41) is 0.431. The molecule has 2 unspecified atom stereocenters. The summed E-state index contributed by atoms with van der Waals surface area (Å²) in [6, 6.07) is 0. The summed E-state index contributed by atoms with van der Waals surface area (Å²) in [5.41, 5.74) is 0. The van der Waals surface area contributed by atoms with Crippen molar-refractivity contribution in [1.82, 2.24) is 0 Å². The van der Waals surface area contributed by atoms with Gasteiger partial charge in [0.15, 0.2) is 0 Å². The van der Waals surface area contributed by atoms with E-state index in [9.17, 15) is 0 Å². The zero-order valence-electron chi connectivity index (χ0n) is 5.03. The lowest BCUT2D eigenvalue weighted by atomic mass is 10.3. The molecule has 0 aromatic carbocycles. The Kier molecular flexibility index (Phi) is 8.73. The number of hydrogen-bond acceptors (Lipinski definition) is 0. The maximum Gasteiger partial charge on any atom is 0.0321 e. The maximum atomic E-state index is 5.59. The van der Waals surface area contributed by atoms with Gasteiger partial charge >= 0.3 is 0 Å². The Morgan fingerprint density at radius 1 is 1.12 bits per heavy atom. The van der Waals surface area contributed by atoms with Crippen molar-refractivity contribution in [2.45, 2.75) is 31.0 Å². The van der Waals surface area contributed by atoms with Crippen molar-refractivity contribution in [3.63, 3.8) is 0 Å². The van der Waals surface area contributed by atoms with E-state index in [1.807, 2.05) is 13.8 Å². The molecule has 0 aliphatic rings. The van der Waals surface area contributed by atoms with Crippen LogP contribution in [0.3, 0.4) is 0 Å². The van der Waals surface area contributed by atoms with Crippen molar-refractivity contribution >= 4 is 35.6 Å². The second-order valence-corrected chi connectivity index (χ2v) is 3.29. The van der Waals surface area contributed by atoms with Crippen molar-refractivity contribution in [2.75, 3.05) is 0 Å². The fourth-order valence-electron chi connectivity index (χ4n) is 0.448. The molecule has 8 heavy (non-hydrogen) atoms. The third-order valence-corrected chi connectivity index (χ3v) is 1.01. The lowest BCUT2D eigenvalue weighted by Gasteiger charge is -2.01. The second-order valence-electron chi connectivity index (χ2n) is 1.80. The molecule has 0 saturated heterocycles. The molecule has 2 atom stereocenters. The first kappa shape index (κ1) is 11.6. The highest BCUT2D eigenvalue weighted by Gasteiger charge is 1.99. The zero-order chi connectivity index (χ0) is 5.86. The van der Waals surface area contributed by atoms with E-state index in [1.54, 1.807) is 0 Å². The van der Waals surface area contributed by atoms with E-state index in [0.717, 1.165) is 6.42 Å². The van der Waals surface area contributed by atoms with Crippen LogP contribution in [0.15, 0.2) is 0 Å². The van der Waals surface area contributed by atoms with E-state index in [4.69, 9.17) is 23.2 Å². The van der Waals surface area contributed by atoms with Crippen LogP contribution in [0.25, 0.3) is 0 Å². The molecule has 0 radical (unpaired) electrons. The Morgan fingerprint density at radius 2 is 1.38 bits per heavy atom. The maximum absolute atomic E-state index is 5.59. The molecule has 0 saturated carbocycles. The summed E-state index contributed by atoms with van der Waals surface area (Å²) in [6.45, 7) is 3.89. The summed E-state index contributed by atoms with van der Waals surface area (Å²) in [4.78, 5) is 0. The molecule has 0 spiro atoms. The summed E-state index contributed by atoms with van der Waals surface area (Å²) in [6.07, 6.45) is 0.892. The molecule has 52 valence electrons. The molecule has 0 amide bonds. The highest BCUT2D eigenvalue weighted by Crippen LogP contribution is 2.08. The highest BCUT2D eigenvalue weighted by atomic mass is 35.5. The fourth-order valence-corrected chi connectivity index (χ4v) is 1.07. The Bertz CT molecular complexity index is 36.9. The van der Waals surface area contributed by atoms with Crippen molar-refractivity contribution < 1.29 is 0 Å². The number of hydrogen-bond donors (Lipinski definition) is 0. The minimum atomic E-state index is 0. The van der Waals surface area contributed by atoms with Gasteiger partial charge in [-0.15, -0.1) is 35.6 Å². The third kappa shape index (κ3) is 9.98. The Balaban J connectivity index is 0. The average molecular weight is 178 g/mol. The Hall–Kier alpha value is 0.870. The van der Waals surface area contributed by atoms with E-state index >= 15 is 0 Å². The Labute approximate surface area is 67.0 Å². The normalized spacial score (nSPS) is 16.5. The predicted molar refractivity (Wildman–Crippen MR) is 42.5 cm³/mol. The smallest absolute Gasteiger partial charge is 0.0321 e. The molecular weight excluding hydrogens is 166 g/mol. The van der Waals surface area contributed by atoms with E-state index in [1.165, 1.54) is 0 Å². The van der Waals surface area contributed by atoms with Crippen LogP contribution >= 0.6 is 35.6 Å². The molecule has 0 N–H and O–H groups in total. The first-order chi connectivity index (χ1) is 3.13. The molecule has 0 heterocycles. The van der Waals surface area contributed by atoms with Crippen LogP contribution < -0.4 is 0 Å². The van der Waals surface area contributed by atoms with Gasteiger partial charge < -0.3 is 0 Å². The van der Waals surface area contributed by atoms with Crippen LogP contribution in [0.5, 0.6) is 0 Å². The number of alkyl halides is 2. The van der Waals surface area contributed by atoms with Crippen LogP contribution in [0.2, 0.25) is 0 Å². The lowest BCUT2D eigenvalue weighted by molar-refractivity contribution is 0.787. The summed E-state index contributed by atoms with van der Waals surface area (Å²) < 4.78 is 0. The second kappa shape index (κ2) is 6.00. The molecular formula is C5H11Cl3. The van der Waals surface area contributed by atoms with E-state index < -0.39 is 0 Å². The largest absolute Gasteiger partial charge is 0.147 e. The average Bonchev–Trinajstić information content (AvgIpc) is 1.27. The van der Waals surface area contributed by atoms with Crippen molar-refractivity contribution in [3.05, 3.63) is 0 Å². The highest BCUT2D eigenvalue weighted by molar-refractivity contribution is 6.23. The third-order valence-electron chi connectivity index (χ3n) is 0.650. The van der Waals surface area contributed by atoms with Gasteiger partial charge in [0.2, 0.25) is 0 Å². The monoisotopic (exact) mass is 176 g/mol. The van der Waals surface area contributed by atoms with Gasteiger partial charge in [-0.1, -0.05) is 0 Å². The minimum absolute atomic E-state index is 0. The van der Waals surface area contributed by atoms with Gasteiger partial charge in [-0.05, 0) is 20.3 Å². The SMILES string of the molecule is CC(Cl)CC(C)Cl.Cl. The lowest BCUT2D eigenvalue weighted by Crippen LogP contribution is -1.99. The molecule has 0 bridgehead atoms. The first-order valence-electron chi connectivity index (χ1n) is 2.41. The van der Waals surface area contributed by atoms with Crippen LogP contribution in [-0.4, -0.2) is 10.8 Å². The summed E-state index contributed by atoms with van der Waals surface area (Å²) >= 11 is 11.2. The van der Waals surface area contributed by atoms with Crippen LogP contribution in [-0.2, 0) is 0 Å². The van der Waals surface area contributed by atoms with E-state index in [-0.39, 0.29) is 23.2 Å². The predicted octanol–water partition coefficient (Wildman–Crippen LogP) is 3.05. The quantitative estimate of drug-likeness (QED) is 0.569. The van der Waals surface area contributed by atoms with Crippen LogP contribution in [0, 0.1) is 0 Å². The van der Waals surface area contributed by atoms with Crippen molar-refractivity contribution in [1.29, 1.82) is 0 Å². The molecule has 0 aromatic heterocycles. The van der Waals surface area contributed by atoms with E-state index in [2.05, 4.69) is 0 Å². The molecule has 0 nitrogen and oxygen atoms in total. The van der Waals surface area contributed by atoms with Gasteiger partial charge in [-0.25, -0.2) is 0 Å². The van der Waals surface area contributed by atoms with Crippen molar-refractivity contribution in [3.8, 4) is 0 Å².